The number of nitrogens with zero attached hydrogens (tertiary/aromatic N) is 1. The number of likely N-dealkylation sites (N-methyl/N-ethyl adjacent to an activating group) is 1. The number of rotatable bonds is 3. The molecule has 0 saturated carbocycles. The Bertz CT molecular complexity index is 110. The topological polar surface area (TPSA) is 24.5 Å². The maximum absolute atomic E-state index is 5.13. The van der Waals surface area contributed by atoms with Crippen LogP contribution in [0.3, 0.4) is 0 Å². The molecule has 1 fully saturated rings. The SMILES string of the molecule is COCC1(N(C)C)CNC1. The van der Waals surface area contributed by atoms with Crippen molar-refractivity contribution in [1.29, 1.82) is 0 Å². The average Bonchev–Trinajstić information content (AvgIpc) is 1.77. The summed E-state index contributed by atoms with van der Waals surface area (Å²) in [6, 6.07) is 0. The van der Waals surface area contributed by atoms with Gasteiger partial charge < -0.3 is 10.1 Å². The van der Waals surface area contributed by atoms with Crippen molar-refractivity contribution < 1.29 is 4.74 Å². The molecule has 0 aromatic heterocycles. The van der Waals surface area contributed by atoms with Crippen LogP contribution in [-0.2, 0) is 4.74 Å². The molecule has 3 heteroatoms. The molecule has 1 N–H and O–H groups in total. The first-order chi connectivity index (χ1) is 4.71. The van der Waals surface area contributed by atoms with Crippen molar-refractivity contribution >= 4 is 0 Å². The molecule has 0 amide bonds. The van der Waals surface area contributed by atoms with Crippen LogP contribution in [0.1, 0.15) is 0 Å². The first-order valence-corrected chi connectivity index (χ1v) is 3.58. The summed E-state index contributed by atoms with van der Waals surface area (Å²) in [6.07, 6.45) is 0. The van der Waals surface area contributed by atoms with E-state index in [0.29, 0.717) is 0 Å². The number of ether oxygens (including phenoxy) is 1. The Morgan fingerprint density at radius 1 is 1.50 bits per heavy atom. The third-order valence-electron chi connectivity index (χ3n) is 2.27. The number of hydrogen-bond acceptors (Lipinski definition) is 3. The van der Waals surface area contributed by atoms with Gasteiger partial charge in [-0.15, -0.1) is 0 Å². The van der Waals surface area contributed by atoms with Gasteiger partial charge >= 0.3 is 0 Å². The van der Waals surface area contributed by atoms with Gasteiger partial charge in [0.1, 0.15) is 0 Å². The maximum Gasteiger partial charge on any atom is 0.0688 e. The highest BCUT2D eigenvalue weighted by Gasteiger charge is 2.38. The van der Waals surface area contributed by atoms with Crippen molar-refractivity contribution in [2.45, 2.75) is 5.54 Å². The Hall–Kier alpha value is -0.120. The molecule has 0 spiro atoms. The molecule has 1 rings (SSSR count). The average molecular weight is 144 g/mol. The predicted octanol–water partition coefficient (Wildman–Crippen LogP) is -0.464. The lowest BCUT2D eigenvalue weighted by molar-refractivity contribution is 0.00326. The Morgan fingerprint density at radius 3 is 2.20 bits per heavy atom. The zero-order chi connectivity index (χ0) is 7.61. The summed E-state index contributed by atoms with van der Waals surface area (Å²) in [4.78, 5) is 2.23. The zero-order valence-electron chi connectivity index (χ0n) is 6.98. The molecule has 0 bridgehead atoms. The Balaban J connectivity index is 2.42. The Morgan fingerprint density at radius 2 is 2.10 bits per heavy atom. The van der Waals surface area contributed by atoms with Gasteiger partial charge in [0.15, 0.2) is 0 Å². The highest BCUT2D eigenvalue weighted by atomic mass is 16.5. The predicted molar refractivity (Wildman–Crippen MR) is 41.2 cm³/mol. The fourth-order valence-corrected chi connectivity index (χ4v) is 1.23. The van der Waals surface area contributed by atoms with Crippen molar-refractivity contribution in [3.63, 3.8) is 0 Å². The molecular weight excluding hydrogens is 128 g/mol. The smallest absolute Gasteiger partial charge is 0.0688 e. The van der Waals surface area contributed by atoms with E-state index >= 15 is 0 Å². The number of methoxy groups -OCH3 is 1. The third kappa shape index (κ3) is 1.17. The van der Waals surface area contributed by atoms with Gasteiger partial charge in [0, 0.05) is 20.2 Å². The van der Waals surface area contributed by atoms with E-state index in [-0.39, 0.29) is 5.54 Å². The molecule has 0 aromatic rings. The van der Waals surface area contributed by atoms with Gasteiger partial charge in [0.05, 0.1) is 12.1 Å². The Kier molecular flexibility index (Phi) is 2.28. The summed E-state index contributed by atoms with van der Waals surface area (Å²) in [6.45, 7) is 2.93. The standard InChI is InChI=1S/C7H16N2O/c1-9(2)7(6-10-3)4-8-5-7/h8H,4-6H2,1-3H3. The zero-order valence-corrected chi connectivity index (χ0v) is 6.98. The molecule has 1 aliphatic rings. The number of hydrogen-bond donors (Lipinski definition) is 1. The highest BCUT2D eigenvalue weighted by molar-refractivity contribution is 5.00. The molecule has 1 aliphatic heterocycles. The van der Waals surface area contributed by atoms with Gasteiger partial charge in [0.2, 0.25) is 0 Å². The monoisotopic (exact) mass is 144 g/mol. The Labute approximate surface area is 62.3 Å². The molecule has 60 valence electrons. The summed E-state index contributed by atoms with van der Waals surface area (Å²) in [5.74, 6) is 0. The minimum Gasteiger partial charge on any atom is -0.383 e. The summed E-state index contributed by atoms with van der Waals surface area (Å²) < 4.78 is 5.13. The van der Waals surface area contributed by atoms with Gasteiger partial charge in [-0.05, 0) is 14.1 Å². The molecule has 0 aliphatic carbocycles. The van der Waals surface area contributed by atoms with Gasteiger partial charge in [-0.2, -0.15) is 0 Å². The van der Waals surface area contributed by atoms with Crippen molar-refractivity contribution in [1.82, 2.24) is 10.2 Å². The highest BCUT2D eigenvalue weighted by Crippen LogP contribution is 2.16. The van der Waals surface area contributed by atoms with Crippen LogP contribution in [0, 0.1) is 0 Å². The lowest BCUT2D eigenvalue weighted by atomic mass is 9.92. The second-order valence-corrected chi connectivity index (χ2v) is 3.16. The fraction of sp³-hybridized carbons (Fsp3) is 1.00. The van der Waals surface area contributed by atoms with E-state index in [0.717, 1.165) is 19.7 Å². The van der Waals surface area contributed by atoms with Crippen molar-refractivity contribution in [3.8, 4) is 0 Å². The maximum atomic E-state index is 5.13. The van der Waals surface area contributed by atoms with Gasteiger partial charge in [-0.3, -0.25) is 4.90 Å². The van der Waals surface area contributed by atoms with E-state index < -0.39 is 0 Å². The van der Waals surface area contributed by atoms with E-state index in [2.05, 4.69) is 24.3 Å². The molecular formula is C7H16N2O. The summed E-state index contributed by atoms with van der Waals surface area (Å²) in [5.41, 5.74) is 0.273. The molecule has 1 saturated heterocycles. The van der Waals surface area contributed by atoms with E-state index in [1.54, 1.807) is 7.11 Å². The molecule has 0 aromatic carbocycles. The summed E-state index contributed by atoms with van der Waals surface area (Å²) in [5, 5.41) is 3.25. The molecule has 10 heavy (non-hydrogen) atoms. The lowest BCUT2D eigenvalue weighted by Crippen LogP contribution is -2.69. The van der Waals surface area contributed by atoms with Crippen LogP contribution in [0.5, 0.6) is 0 Å². The van der Waals surface area contributed by atoms with Crippen LogP contribution < -0.4 is 5.32 Å². The van der Waals surface area contributed by atoms with Crippen LogP contribution in [-0.4, -0.2) is 51.3 Å². The third-order valence-corrected chi connectivity index (χ3v) is 2.27. The van der Waals surface area contributed by atoms with Gasteiger partial charge in [0.25, 0.3) is 0 Å². The van der Waals surface area contributed by atoms with E-state index in [4.69, 9.17) is 4.74 Å². The molecule has 1 heterocycles. The largest absolute Gasteiger partial charge is 0.383 e. The van der Waals surface area contributed by atoms with Crippen molar-refractivity contribution in [2.24, 2.45) is 0 Å². The molecule has 0 unspecified atom stereocenters. The molecule has 3 nitrogen and oxygen atoms in total. The minimum atomic E-state index is 0.273. The van der Waals surface area contributed by atoms with Crippen LogP contribution in [0.4, 0.5) is 0 Å². The van der Waals surface area contributed by atoms with E-state index in [1.807, 2.05) is 0 Å². The first kappa shape index (κ1) is 7.98. The normalized spacial score (nSPS) is 22.8. The van der Waals surface area contributed by atoms with Gasteiger partial charge in [-0.25, -0.2) is 0 Å². The van der Waals surface area contributed by atoms with Crippen molar-refractivity contribution in [2.75, 3.05) is 40.9 Å². The molecule has 0 radical (unpaired) electrons. The quantitative estimate of drug-likeness (QED) is 0.580. The molecule has 0 atom stereocenters. The van der Waals surface area contributed by atoms with Crippen molar-refractivity contribution in [3.05, 3.63) is 0 Å². The lowest BCUT2D eigenvalue weighted by Gasteiger charge is -2.47. The van der Waals surface area contributed by atoms with Crippen LogP contribution in [0.15, 0.2) is 0 Å². The second kappa shape index (κ2) is 2.86. The minimum absolute atomic E-state index is 0.273. The van der Waals surface area contributed by atoms with E-state index in [9.17, 15) is 0 Å². The van der Waals surface area contributed by atoms with Crippen LogP contribution in [0.25, 0.3) is 0 Å². The van der Waals surface area contributed by atoms with E-state index in [1.165, 1.54) is 0 Å². The van der Waals surface area contributed by atoms with Crippen LogP contribution in [0.2, 0.25) is 0 Å². The second-order valence-electron chi connectivity index (χ2n) is 3.16. The fourth-order valence-electron chi connectivity index (χ4n) is 1.23. The number of nitrogens with one attached hydrogen (secondary N) is 1. The van der Waals surface area contributed by atoms with Gasteiger partial charge in [-0.1, -0.05) is 0 Å². The summed E-state index contributed by atoms with van der Waals surface area (Å²) >= 11 is 0. The first-order valence-electron chi connectivity index (χ1n) is 3.58. The summed E-state index contributed by atoms with van der Waals surface area (Å²) in [7, 11) is 5.95. The van der Waals surface area contributed by atoms with Crippen LogP contribution >= 0.6 is 0 Å².